The van der Waals surface area contributed by atoms with Gasteiger partial charge in [-0.05, 0) is 49.2 Å². The van der Waals surface area contributed by atoms with Crippen LogP contribution in [0, 0.1) is 5.82 Å². The molecule has 2 aromatic carbocycles. The van der Waals surface area contributed by atoms with Crippen molar-refractivity contribution >= 4 is 17.4 Å². The first-order valence-electron chi connectivity index (χ1n) is 8.36. The lowest BCUT2D eigenvalue weighted by Gasteiger charge is -2.33. The third-order valence-electron chi connectivity index (χ3n) is 4.32. The molecule has 2 aromatic rings. The largest absolute Gasteiger partial charge is 0.497 e. The first-order valence-corrected chi connectivity index (χ1v) is 8.36. The molecule has 1 aliphatic rings. The van der Waals surface area contributed by atoms with Crippen molar-refractivity contribution in [3.8, 4) is 5.75 Å². The number of rotatable bonds is 4. The Bertz CT molecular complexity index is 713. The fraction of sp³-hybridized carbons (Fsp3) is 0.316. The summed E-state index contributed by atoms with van der Waals surface area (Å²) in [4.78, 5) is 14.1. The van der Waals surface area contributed by atoms with Crippen molar-refractivity contribution in [1.29, 1.82) is 0 Å². The molecule has 3 rings (SSSR count). The minimum absolute atomic E-state index is 0.147. The van der Waals surface area contributed by atoms with E-state index in [0.29, 0.717) is 24.8 Å². The number of benzene rings is 2. The molecule has 1 fully saturated rings. The van der Waals surface area contributed by atoms with E-state index in [2.05, 4.69) is 10.6 Å². The number of hydrogen-bond acceptors (Lipinski definition) is 3. The molecule has 0 aliphatic carbocycles. The second kappa shape index (κ2) is 7.88. The highest BCUT2D eigenvalue weighted by Gasteiger charge is 2.22. The smallest absolute Gasteiger partial charge is 0.321 e. The van der Waals surface area contributed by atoms with Gasteiger partial charge >= 0.3 is 6.03 Å². The molecule has 0 unspecified atom stereocenters. The average molecular weight is 343 g/mol. The Morgan fingerprint density at radius 3 is 2.52 bits per heavy atom. The zero-order valence-corrected chi connectivity index (χ0v) is 14.2. The Morgan fingerprint density at radius 2 is 1.84 bits per heavy atom. The van der Waals surface area contributed by atoms with E-state index in [1.165, 1.54) is 12.1 Å². The number of anilines is 2. The van der Waals surface area contributed by atoms with Crippen LogP contribution >= 0.6 is 0 Å². The van der Waals surface area contributed by atoms with Gasteiger partial charge in [-0.2, -0.15) is 0 Å². The van der Waals surface area contributed by atoms with Gasteiger partial charge in [0.15, 0.2) is 0 Å². The van der Waals surface area contributed by atoms with Crippen molar-refractivity contribution in [2.75, 3.05) is 30.8 Å². The third-order valence-corrected chi connectivity index (χ3v) is 4.32. The molecule has 5 nitrogen and oxygen atoms in total. The van der Waals surface area contributed by atoms with Crippen LogP contribution in [0.3, 0.4) is 0 Å². The number of amides is 2. The Hall–Kier alpha value is -2.76. The van der Waals surface area contributed by atoms with E-state index in [9.17, 15) is 9.18 Å². The van der Waals surface area contributed by atoms with Crippen LogP contribution in [-0.4, -0.2) is 37.2 Å². The lowest BCUT2D eigenvalue weighted by molar-refractivity contribution is 0.197. The molecule has 0 aromatic heterocycles. The van der Waals surface area contributed by atoms with Crippen LogP contribution in [0.1, 0.15) is 12.8 Å². The Labute approximate surface area is 146 Å². The van der Waals surface area contributed by atoms with Crippen LogP contribution in [-0.2, 0) is 0 Å². The first-order chi connectivity index (χ1) is 12.1. The zero-order chi connectivity index (χ0) is 17.6. The van der Waals surface area contributed by atoms with Crippen LogP contribution < -0.4 is 15.4 Å². The summed E-state index contributed by atoms with van der Waals surface area (Å²) < 4.78 is 18.1. The Morgan fingerprint density at radius 1 is 1.12 bits per heavy atom. The number of nitrogens with one attached hydrogen (secondary N) is 2. The molecule has 25 heavy (non-hydrogen) atoms. The SMILES string of the molecule is COc1cccc(NC2CCN(C(=O)Nc3ccc(F)cc3)CC2)c1. The lowest BCUT2D eigenvalue weighted by Crippen LogP contribution is -2.44. The van der Waals surface area contributed by atoms with Gasteiger partial charge in [0.2, 0.25) is 0 Å². The van der Waals surface area contributed by atoms with Gasteiger partial charge < -0.3 is 20.3 Å². The quantitative estimate of drug-likeness (QED) is 0.884. The average Bonchev–Trinajstić information content (AvgIpc) is 2.64. The number of piperidine rings is 1. The van der Waals surface area contributed by atoms with Gasteiger partial charge in [-0.3, -0.25) is 0 Å². The molecule has 0 bridgehead atoms. The van der Waals surface area contributed by atoms with Crippen LogP contribution in [0.25, 0.3) is 0 Å². The summed E-state index contributed by atoms with van der Waals surface area (Å²) in [5.74, 6) is 0.503. The van der Waals surface area contributed by atoms with Gasteiger partial charge in [0, 0.05) is 36.6 Å². The second-order valence-electron chi connectivity index (χ2n) is 6.07. The summed E-state index contributed by atoms with van der Waals surface area (Å²) >= 11 is 0. The van der Waals surface area contributed by atoms with Gasteiger partial charge in [0.25, 0.3) is 0 Å². The molecule has 1 saturated heterocycles. The van der Waals surface area contributed by atoms with Gasteiger partial charge in [-0.25, -0.2) is 9.18 Å². The first kappa shape index (κ1) is 17.1. The fourth-order valence-corrected chi connectivity index (χ4v) is 2.91. The maximum absolute atomic E-state index is 12.9. The molecular formula is C19H22FN3O2. The van der Waals surface area contributed by atoms with E-state index in [4.69, 9.17) is 4.74 Å². The minimum atomic E-state index is -0.317. The fourth-order valence-electron chi connectivity index (χ4n) is 2.91. The third kappa shape index (κ3) is 4.62. The van der Waals surface area contributed by atoms with Gasteiger partial charge in [0.05, 0.1) is 7.11 Å². The molecular weight excluding hydrogens is 321 g/mol. The van der Waals surface area contributed by atoms with Crippen LogP contribution in [0.5, 0.6) is 5.75 Å². The topological polar surface area (TPSA) is 53.6 Å². The molecule has 2 N–H and O–H groups in total. The van der Waals surface area contributed by atoms with E-state index in [0.717, 1.165) is 24.3 Å². The normalized spacial score (nSPS) is 14.9. The lowest BCUT2D eigenvalue weighted by atomic mass is 10.0. The van der Waals surface area contributed by atoms with E-state index in [1.807, 2.05) is 24.3 Å². The number of methoxy groups -OCH3 is 1. The number of ether oxygens (including phenoxy) is 1. The maximum atomic E-state index is 12.9. The highest BCUT2D eigenvalue weighted by atomic mass is 19.1. The molecule has 1 heterocycles. The van der Waals surface area contributed by atoms with E-state index in [1.54, 1.807) is 24.1 Å². The Kier molecular flexibility index (Phi) is 5.38. The van der Waals surface area contributed by atoms with Crippen LogP contribution in [0.4, 0.5) is 20.6 Å². The minimum Gasteiger partial charge on any atom is -0.497 e. The number of hydrogen-bond donors (Lipinski definition) is 2. The van der Waals surface area contributed by atoms with Crippen molar-refractivity contribution in [3.05, 3.63) is 54.3 Å². The summed E-state index contributed by atoms with van der Waals surface area (Å²) in [6.45, 7) is 1.35. The Balaban J connectivity index is 1.49. The van der Waals surface area contributed by atoms with Crippen LogP contribution in [0.15, 0.2) is 48.5 Å². The standard InChI is InChI=1S/C19H22FN3O2/c1-25-18-4-2-3-17(13-18)21-16-9-11-23(12-10-16)19(24)22-15-7-5-14(20)6-8-15/h2-8,13,16,21H,9-12H2,1H3,(H,22,24). The summed E-state index contributed by atoms with van der Waals surface area (Å²) in [6.07, 6.45) is 1.74. The number of carbonyl (C=O) groups excluding carboxylic acids is 1. The molecule has 132 valence electrons. The second-order valence-corrected chi connectivity index (χ2v) is 6.07. The molecule has 0 radical (unpaired) electrons. The highest BCUT2D eigenvalue weighted by molar-refractivity contribution is 5.89. The summed E-state index contributed by atoms with van der Waals surface area (Å²) in [5, 5.41) is 6.29. The number of likely N-dealkylation sites (tertiary alicyclic amines) is 1. The highest BCUT2D eigenvalue weighted by Crippen LogP contribution is 2.21. The van der Waals surface area contributed by atoms with Crippen molar-refractivity contribution in [1.82, 2.24) is 4.90 Å². The van der Waals surface area contributed by atoms with E-state index >= 15 is 0 Å². The predicted molar refractivity (Wildman–Crippen MR) is 96.6 cm³/mol. The number of halogens is 1. The van der Waals surface area contributed by atoms with Gasteiger partial charge in [-0.15, -0.1) is 0 Å². The predicted octanol–water partition coefficient (Wildman–Crippen LogP) is 3.94. The molecule has 0 saturated carbocycles. The van der Waals surface area contributed by atoms with Crippen molar-refractivity contribution < 1.29 is 13.9 Å². The molecule has 0 atom stereocenters. The zero-order valence-electron chi connectivity index (χ0n) is 14.2. The van der Waals surface area contributed by atoms with Gasteiger partial charge in [-0.1, -0.05) is 6.07 Å². The monoisotopic (exact) mass is 343 g/mol. The van der Waals surface area contributed by atoms with Crippen molar-refractivity contribution in [3.63, 3.8) is 0 Å². The number of nitrogens with zero attached hydrogens (tertiary/aromatic N) is 1. The summed E-state index contributed by atoms with van der Waals surface area (Å²) in [7, 11) is 1.65. The number of carbonyl (C=O) groups is 1. The summed E-state index contributed by atoms with van der Waals surface area (Å²) in [5.41, 5.74) is 1.62. The van der Waals surface area contributed by atoms with E-state index < -0.39 is 0 Å². The maximum Gasteiger partial charge on any atom is 0.321 e. The van der Waals surface area contributed by atoms with E-state index in [-0.39, 0.29) is 11.8 Å². The van der Waals surface area contributed by atoms with Crippen molar-refractivity contribution in [2.24, 2.45) is 0 Å². The number of urea groups is 1. The molecule has 1 aliphatic heterocycles. The van der Waals surface area contributed by atoms with Gasteiger partial charge in [0.1, 0.15) is 11.6 Å². The molecule has 6 heteroatoms. The van der Waals surface area contributed by atoms with Crippen LogP contribution in [0.2, 0.25) is 0 Å². The molecule has 2 amide bonds. The van der Waals surface area contributed by atoms with Crippen molar-refractivity contribution in [2.45, 2.75) is 18.9 Å². The summed E-state index contributed by atoms with van der Waals surface area (Å²) in [6, 6.07) is 13.8. The molecule has 0 spiro atoms.